The summed E-state index contributed by atoms with van der Waals surface area (Å²) in [5.41, 5.74) is 0. The van der Waals surface area contributed by atoms with Crippen LogP contribution in [0.1, 0.15) is 187 Å². The van der Waals surface area contributed by atoms with Crippen molar-refractivity contribution in [3.8, 4) is 0 Å². The zero-order chi connectivity index (χ0) is 40.2. The maximum atomic E-state index is 12.9. The lowest BCUT2D eigenvalue weighted by Gasteiger charge is -2.41. The van der Waals surface area contributed by atoms with Gasteiger partial charge in [0.25, 0.3) is 0 Å². The van der Waals surface area contributed by atoms with Crippen LogP contribution in [0.3, 0.4) is 0 Å². The minimum absolute atomic E-state index is 0.217. The van der Waals surface area contributed by atoms with Gasteiger partial charge in [0.1, 0.15) is 36.6 Å². The third-order valence-electron chi connectivity index (χ3n) is 10.7. The van der Waals surface area contributed by atoms with Gasteiger partial charge in [0.05, 0.1) is 31.3 Å². The van der Waals surface area contributed by atoms with E-state index in [4.69, 9.17) is 9.05 Å². The third-order valence-corrected chi connectivity index (χ3v) is 11.7. The summed E-state index contributed by atoms with van der Waals surface area (Å²) >= 11 is 0. The molecule has 0 aliphatic heterocycles. The van der Waals surface area contributed by atoms with Gasteiger partial charge >= 0.3 is 7.82 Å². The zero-order valence-electron chi connectivity index (χ0n) is 33.7. The number of unbranched alkanes of at least 4 members (excludes halogenated alkanes) is 22. The Morgan fingerprint density at radius 1 is 0.574 bits per heavy atom. The van der Waals surface area contributed by atoms with Crippen molar-refractivity contribution in [3.05, 3.63) is 0 Å². The Balaban J connectivity index is 2.58. The molecule has 8 atom stereocenters. The Morgan fingerprint density at radius 3 is 1.33 bits per heavy atom. The number of rotatable bonds is 35. The predicted octanol–water partition coefficient (Wildman–Crippen LogP) is 6.09. The summed E-state index contributed by atoms with van der Waals surface area (Å²) in [6.07, 6.45) is 14.5. The van der Waals surface area contributed by atoms with E-state index in [2.05, 4.69) is 19.2 Å². The third kappa shape index (κ3) is 23.5. The fraction of sp³-hybridized carbons (Fsp3) is 0.975. The first-order chi connectivity index (χ1) is 25.8. The summed E-state index contributed by atoms with van der Waals surface area (Å²) in [7, 11) is -5.10. The van der Waals surface area contributed by atoms with E-state index in [9.17, 15) is 50.0 Å². The summed E-state index contributed by atoms with van der Waals surface area (Å²) < 4.78 is 22.8. The Morgan fingerprint density at radius 2 is 0.926 bits per heavy atom. The van der Waals surface area contributed by atoms with Gasteiger partial charge < -0.3 is 46.0 Å². The number of aliphatic hydroxyl groups excluding tert-OH is 7. The minimum atomic E-state index is -5.10. The van der Waals surface area contributed by atoms with Gasteiger partial charge in [-0.3, -0.25) is 13.8 Å². The molecular formula is C40H80NO12P. The maximum Gasteiger partial charge on any atom is 0.472 e. The quantitative estimate of drug-likeness (QED) is 0.0263. The molecule has 0 radical (unpaired) electrons. The van der Waals surface area contributed by atoms with Crippen LogP contribution in [0.5, 0.6) is 0 Å². The molecule has 14 heteroatoms. The maximum absolute atomic E-state index is 12.9. The highest BCUT2D eigenvalue weighted by molar-refractivity contribution is 7.47. The minimum Gasteiger partial charge on any atom is -0.393 e. The average molecular weight is 798 g/mol. The molecule has 13 nitrogen and oxygen atoms in total. The van der Waals surface area contributed by atoms with Crippen molar-refractivity contribution in [2.75, 3.05) is 6.61 Å². The summed E-state index contributed by atoms with van der Waals surface area (Å²) in [4.78, 5) is 23.4. The Kier molecular flexibility index (Phi) is 29.8. The molecule has 0 spiro atoms. The van der Waals surface area contributed by atoms with Crippen LogP contribution in [0.25, 0.3) is 0 Å². The molecule has 0 bridgehead atoms. The largest absolute Gasteiger partial charge is 0.472 e. The van der Waals surface area contributed by atoms with Crippen LogP contribution in [0, 0.1) is 0 Å². The van der Waals surface area contributed by atoms with Crippen LogP contribution < -0.4 is 5.32 Å². The Hall–Kier alpha value is -0.700. The van der Waals surface area contributed by atoms with Gasteiger partial charge in [0.15, 0.2) is 0 Å². The molecule has 1 aliphatic rings. The first-order valence-electron chi connectivity index (χ1n) is 21.6. The van der Waals surface area contributed by atoms with Crippen LogP contribution in [-0.4, -0.2) is 108 Å². The summed E-state index contributed by atoms with van der Waals surface area (Å²) in [6, 6.07) is -1.15. The molecule has 8 unspecified atom stereocenters. The lowest BCUT2D eigenvalue weighted by Crippen LogP contribution is -2.64. The van der Waals surface area contributed by atoms with Crippen molar-refractivity contribution < 1.29 is 59.0 Å². The molecule has 1 fully saturated rings. The smallest absolute Gasteiger partial charge is 0.393 e. The fourth-order valence-electron chi connectivity index (χ4n) is 7.13. The number of phosphoric ester groups is 1. The molecule has 1 aliphatic carbocycles. The van der Waals surface area contributed by atoms with E-state index < -0.39 is 75.2 Å². The highest BCUT2D eigenvalue weighted by Gasteiger charge is 2.51. The van der Waals surface area contributed by atoms with Crippen LogP contribution in [0.4, 0.5) is 0 Å². The first kappa shape index (κ1) is 51.3. The number of carbonyl (C=O) groups excluding carboxylic acids is 1. The molecular weight excluding hydrogens is 717 g/mol. The van der Waals surface area contributed by atoms with E-state index in [-0.39, 0.29) is 12.8 Å². The van der Waals surface area contributed by atoms with Crippen LogP contribution in [-0.2, 0) is 18.4 Å². The average Bonchev–Trinajstić information content (AvgIpc) is 3.14. The Bertz CT molecular complexity index is 948. The van der Waals surface area contributed by atoms with Gasteiger partial charge in [0, 0.05) is 0 Å². The number of hydrogen-bond donors (Lipinski definition) is 9. The van der Waals surface area contributed by atoms with Crippen LogP contribution >= 0.6 is 7.82 Å². The second-order valence-electron chi connectivity index (χ2n) is 15.7. The second-order valence-corrected chi connectivity index (χ2v) is 17.1. The van der Waals surface area contributed by atoms with E-state index >= 15 is 0 Å². The lowest BCUT2D eigenvalue weighted by atomic mass is 9.85. The molecule has 0 saturated heterocycles. The van der Waals surface area contributed by atoms with Crippen molar-refractivity contribution in [1.82, 2.24) is 5.32 Å². The van der Waals surface area contributed by atoms with Gasteiger partial charge in [-0.05, 0) is 12.8 Å². The van der Waals surface area contributed by atoms with E-state index in [0.29, 0.717) is 12.8 Å². The summed E-state index contributed by atoms with van der Waals surface area (Å²) in [5, 5.41) is 74.4. The molecule has 1 rings (SSSR count). The predicted molar refractivity (Wildman–Crippen MR) is 211 cm³/mol. The van der Waals surface area contributed by atoms with Gasteiger partial charge in [-0.15, -0.1) is 0 Å². The number of hydrogen-bond acceptors (Lipinski definition) is 11. The molecule has 54 heavy (non-hydrogen) atoms. The van der Waals surface area contributed by atoms with Gasteiger partial charge in [-0.1, -0.05) is 168 Å². The number of aliphatic hydroxyl groups is 7. The topological polar surface area (TPSA) is 226 Å². The number of nitrogens with one attached hydrogen (secondary N) is 1. The van der Waals surface area contributed by atoms with Crippen LogP contribution in [0.15, 0.2) is 0 Å². The van der Waals surface area contributed by atoms with E-state index in [1.165, 1.54) is 96.3 Å². The van der Waals surface area contributed by atoms with E-state index in [1.807, 2.05) is 0 Å². The van der Waals surface area contributed by atoms with Gasteiger partial charge in [-0.2, -0.15) is 0 Å². The van der Waals surface area contributed by atoms with Crippen LogP contribution in [0.2, 0.25) is 0 Å². The second kappa shape index (κ2) is 31.3. The highest BCUT2D eigenvalue weighted by Crippen LogP contribution is 2.47. The van der Waals surface area contributed by atoms with E-state index in [0.717, 1.165) is 51.4 Å². The molecule has 0 aromatic heterocycles. The summed E-state index contributed by atoms with van der Waals surface area (Å²) in [6.45, 7) is 3.76. The van der Waals surface area contributed by atoms with Gasteiger partial charge in [0.2, 0.25) is 5.91 Å². The molecule has 0 heterocycles. The van der Waals surface area contributed by atoms with Crippen molar-refractivity contribution >= 4 is 13.7 Å². The first-order valence-corrected chi connectivity index (χ1v) is 23.1. The standard InChI is InChI=1S/C40H80NO12P/c1-3-5-7-9-11-13-15-16-18-20-22-24-26-28-33(43)32(30-52-54(50,51)53-40-38(48)36(46)35(45)37(47)39(40)49)41-34(44)29-31(42)27-25-23-21-19-17-14-12-10-8-6-4-2/h31-33,35-40,42-43,45-49H,3-30H2,1-2H3,(H,41,44)(H,50,51). The van der Waals surface area contributed by atoms with Gasteiger partial charge in [-0.25, -0.2) is 4.57 Å². The SMILES string of the molecule is CCCCCCCCCCCCCCCC(O)C(COP(=O)(O)OC1C(O)C(O)C(O)C(O)C1O)NC(=O)CC(O)CCCCCCCCCCCCC. The number of carbonyl (C=O) groups is 1. The molecule has 0 aromatic rings. The highest BCUT2D eigenvalue weighted by atomic mass is 31.2. The molecule has 9 N–H and O–H groups in total. The molecule has 1 amide bonds. The monoisotopic (exact) mass is 798 g/mol. The van der Waals surface area contributed by atoms with Crippen molar-refractivity contribution in [3.63, 3.8) is 0 Å². The van der Waals surface area contributed by atoms with Crippen molar-refractivity contribution in [1.29, 1.82) is 0 Å². The summed E-state index contributed by atoms with van der Waals surface area (Å²) in [5.74, 6) is -0.560. The normalized spacial score (nSPS) is 24.6. The van der Waals surface area contributed by atoms with Crippen molar-refractivity contribution in [2.45, 2.75) is 242 Å². The molecule has 0 aromatic carbocycles. The molecule has 1 saturated carbocycles. The number of amides is 1. The lowest BCUT2D eigenvalue weighted by molar-refractivity contribution is -0.220. The number of phosphoric acid groups is 1. The van der Waals surface area contributed by atoms with E-state index in [1.54, 1.807) is 0 Å². The molecule has 322 valence electrons. The van der Waals surface area contributed by atoms with Crippen molar-refractivity contribution in [2.24, 2.45) is 0 Å². The Labute approximate surface area is 326 Å². The zero-order valence-corrected chi connectivity index (χ0v) is 34.5. The fourth-order valence-corrected chi connectivity index (χ4v) is 8.09.